The van der Waals surface area contributed by atoms with E-state index in [4.69, 9.17) is 4.74 Å². The van der Waals surface area contributed by atoms with E-state index in [-0.39, 0.29) is 29.5 Å². The van der Waals surface area contributed by atoms with Crippen molar-refractivity contribution in [3.8, 4) is 5.75 Å². The van der Waals surface area contributed by atoms with Gasteiger partial charge in [-0.05, 0) is 60.9 Å². The number of nitrogens with one attached hydrogen (secondary N) is 1. The largest absolute Gasteiger partial charge is 0.495 e. The van der Waals surface area contributed by atoms with Crippen LogP contribution in [0, 0.1) is 6.92 Å². The van der Waals surface area contributed by atoms with Gasteiger partial charge in [-0.3, -0.25) is 13.9 Å². The average Bonchev–Trinajstić information content (AvgIpc) is 3.05. The van der Waals surface area contributed by atoms with Crippen molar-refractivity contribution in [2.75, 3.05) is 24.5 Å². The van der Waals surface area contributed by atoms with E-state index < -0.39 is 28.5 Å². The molecule has 0 heterocycles. The van der Waals surface area contributed by atoms with Gasteiger partial charge in [0.25, 0.3) is 10.0 Å². The van der Waals surface area contributed by atoms with Crippen LogP contribution in [0.4, 0.5) is 5.69 Å². The fraction of sp³-hybridized carbons (Fsp3) is 0.257. The zero-order chi connectivity index (χ0) is 32.4. The van der Waals surface area contributed by atoms with Gasteiger partial charge in [0.15, 0.2) is 0 Å². The summed E-state index contributed by atoms with van der Waals surface area (Å²) in [6.07, 6.45) is 0.971. The molecule has 0 unspecified atom stereocenters. The maximum Gasteiger partial charge on any atom is 0.264 e. The fourth-order valence-corrected chi connectivity index (χ4v) is 6.58. The Hall–Kier alpha value is -4.15. The second-order valence-corrected chi connectivity index (χ2v) is 13.4. The standard InChI is InChI=1S/C35H38BrN3O5S/c1-4-22-37-35(41)32(23-27-10-6-5-7-11-27)38(24-28-16-18-29(36)19-17-28)34(40)25-39(31-12-8-9-13-33(31)44-3)45(42,43)30-20-14-26(2)15-21-30/h5-21,32H,4,22-25H2,1-3H3,(H,37,41)/t32-/m0/s1. The van der Waals surface area contributed by atoms with Crippen LogP contribution in [-0.4, -0.2) is 51.4 Å². The van der Waals surface area contributed by atoms with E-state index in [1.807, 2.05) is 68.4 Å². The Morgan fingerprint density at radius 1 is 0.867 bits per heavy atom. The molecule has 0 fully saturated rings. The highest BCUT2D eigenvalue weighted by Crippen LogP contribution is 2.33. The van der Waals surface area contributed by atoms with Gasteiger partial charge in [-0.15, -0.1) is 0 Å². The molecule has 4 aromatic carbocycles. The highest BCUT2D eigenvalue weighted by atomic mass is 79.9. The second-order valence-electron chi connectivity index (χ2n) is 10.6. The minimum absolute atomic E-state index is 0.0350. The summed E-state index contributed by atoms with van der Waals surface area (Å²) in [6.45, 7) is 3.80. The van der Waals surface area contributed by atoms with Crippen LogP contribution in [0.25, 0.3) is 0 Å². The average molecular weight is 693 g/mol. The Morgan fingerprint density at radius 3 is 2.16 bits per heavy atom. The summed E-state index contributed by atoms with van der Waals surface area (Å²) in [5, 5.41) is 2.96. The summed E-state index contributed by atoms with van der Waals surface area (Å²) in [7, 11) is -2.78. The number of halogens is 1. The van der Waals surface area contributed by atoms with Crippen molar-refractivity contribution in [3.63, 3.8) is 0 Å². The van der Waals surface area contributed by atoms with Crippen LogP contribution in [0.15, 0.2) is 112 Å². The molecule has 8 nitrogen and oxygen atoms in total. The molecule has 0 radical (unpaired) electrons. The Kier molecular flexibility index (Phi) is 11.8. The van der Waals surface area contributed by atoms with Crippen LogP contribution >= 0.6 is 15.9 Å². The van der Waals surface area contributed by atoms with Crippen molar-refractivity contribution < 1.29 is 22.7 Å². The predicted octanol–water partition coefficient (Wildman–Crippen LogP) is 6.13. The van der Waals surface area contributed by atoms with Gasteiger partial charge in [0.05, 0.1) is 17.7 Å². The first-order chi connectivity index (χ1) is 21.6. The van der Waals surface area contributed by atoms with E-state index >= 15 is 0 Å². The number of rotatable bonds is 14. The first kappa shape index (κ1) is 33.7. The topological polar surface area (TPSA) is 96.0 Å². The molecule has 10 heteroatoms. The highest BCUT2D eigenvalue weighted by molar-refractivity contribution is 9.10. The van der Waals surface area contributed by atoms with Crippen molar-refractivity contribution in [3.05, 3.63) is 124 Å². The number of ether oxygens (including phenoxy) is 1. The summed E-state index contributed by atoms with van der Waals surface area (Å²) in [4.78, 5) is 29.8. The lowest BCUT2D eigenvalue weighted by Crippen LogP contribution is -2.53. The maximum atomic E-state index is 14.5. The molecular formula is C35H38BrN3O5S. The molecule has 2 amide bonds. The van der Waals surface area contributed by atoms with Crippen LogP contribution in [0.2, 0.25) is 0 Å². The molecule has 0 aromatic heterocycles. The molecule has 1 N–H and O–H groups in total. The molecule has 4 aromatic rings. The summed E-state index contributed by atoms with van der Waals surface area (Å²) in [6, 6.07) is 29.2. The number of carbonyl (C=O) groups is 2. The minimum Gasteiger partial charge on any atom is -0.495 e. The Labute approximate surface area is 274 Å². The summed E-state index contributed by atoms with van der Waals surface area (Å²) >= 11 is 3.46. The number of hydrogen-bond acceptors (Lipinski definition) is 5. The van der Waals surface area contributed by atoms with Gasteiger partial charge in [-0.2, -0.15) is 0 Å². The van der Waals surface area contributed by atoms with Gasteiger partial charge in [-0.1, -0.05) is 95.1 Å². The van der Waals surface area contributed by atoms with E-state index in [0.29, 0.717) is 12.3 Å². The molecule has 45 heavy (non-hydrogen) atoms. The Bertz CT molecular complexity index is 1680. The van der Waals surface area contributed by atoms with Crippen molar-refractivity contribution in [1.29, 1.82) is 0 Å². The number of para-hydroxylation sites is 2. The first-order valence-corrected chi connectivity index (χ1v) is 16.9. The molecule has 0 spiro atoms. The van der Waals surface area contributed by atoms with Gasteiger partial charge in [0, 0.05) is 24.0 Å². The number of benzene rings is 4. The molecule has 0 saturated carbocycles. The molecule has 0 saturated heterocycles. The molecule has 4 rings (SSSR count). The minimum atomic E-state index is -4.23. The molecule has 0 aliphatic heterocycles. The summed E-state index contributed by atoms with van der Waals surface area (Å²) in [5.41, 5.74) is 2.78. The van der Waals surface area contributed by atoms with Crippen LogP contribution in [-0.2, 0) is 32.6 Å². The number of anilines is 1. The number of hydrogen-bond donors (Lipinski definition) is 1. The second kappa shape index (κ2) is 15.7. The van der Waals surface area contributed by atoms with E-state index in [9.17, 15) is 18.0 Å². The molecule has 0 aliphatic carbocycles. The maximum absolute atomic E-state index is 14.5. The van der Waals surface area contributed by atoms with Gasteiger partial charge < -0.3 is 15.0 Å². The Morgan fingerprint density at radius 2 is 1.51 bits per heavy atom. The first-order valence-electron chi connectivity index (χ1n) is 14.7. The third kappa shape index (κ3) is 8.73. The highest BCUT2D eigenvalue weighted by Gasteiger charge is 2.35. The fourth-order valence-electron chi connectivity index (χ4n) is 4.89. The number of methoxy groups -OCH3 is 1. The third-order valence-electron chi connectivity index (χ3n) is 7.33. The van der Waals surface area contributed by atoms with Gasteiger partial charge in [0.2, 0.25) is 11.8 Å². The summed E-state index contributed by atoms with van der Waals surface area (Å²) in [5.74, 6) is -0.551. The lowest BCUT2D eigenvalue weighted by molar-refractivity contribution is -0.140. The van der Waals surface area contributed by atoms with E-state index in [0.717, 1.165) is 31.9 Å². The smallest absolute Gasteiger partial charge is 0.264 e. The van der Waals surface area contributed by atoms with Gasteiger partial charge >= 0.3 is 0 Å². The SMILES string of the molecule is CCCNC(=O)[C@H](Cc1ccccc1)N(Cc1ccc(Br)cc1)C(=O)CN(c1ccccc1OC)S(=O)(=O)c1ccc(C)cc1. The van der Waals surface area contributed by atoms with Crippen molar-refractivity contribution in [2.45, 2.75) is 44.2 Å². The Balaban J connectivity index is 1.82. The lowest BCUT2D eigenvalue weighted by atomic mass is 10.0. The molecular weight excluding hydrogens is 654 g/mol. The molecule has 0 aliphatic rings. The monoisotopic (exact) mass is 691 g/mol. The predicted molar refractivity (Wildman–Crippen MR) is 181 cm³/mol. The van der Waals surface area contributed by atoms with E-state index in [1.165, 1.54) is 24.1 Å². The van der Waals surface area contributed by atoms with E-state index in [2.05, 4.69) is 21.2 Å². The molecule has 1 atom stereocenters. The van der Waals surface area contributed by atoms with Gasteiger partial charge in [-0.25, -0.2) is 8.42 Å². The summed E-state index contributed by atoms with van der Waals surface area (Å²) < 4.78 is 35.9. The number of carbonyl (C=O) groups excluding carboxylic acids is 2. The quantitative estimate of drug-likeness (QED) is 0.172. The number of nitrogens with zero attached hydrogens (tertiary/aromatic N) is 2. The van der Waals surface area contributed by atoms with Crippen molar-refractivity contribution in [1.82, 2.24) is 10.2 Å². The van der Waals surface area contributed by atoms with Crippen molar-refractivity contribution >= 4 is 43.5 Å². The normalized spacial score (nSPS) is 11.8. The molecule has 0 bridgehead atoms. The zero-order valence-electron chi connectivity index (χ0n) is 25.6. The number of sulfonamides is 1. The van der Waals surface area contributed by atoms with Crippen molar-refractivity contribution in [2.24, 2.45) is 0 Å². The van der Waals surface area contributed by atoms with E-state index in [1.54, 1.807) is 36.4 Å². The number of amides is 2. The van der Waals surface area contributed by atoms with Crippen LogP contribution in [0.5, 0.6) is 5.75 Å². The van der Waals surface area contributed by atoms with Crippen LogP contribution in [0.3, 0.4) is 0 Å². The third-order valence-corrected chi connectivity index (χ3v) is 9.63. The lowest BCUT2D eigenvalue weighted by Gasteiger charge is -2.34. The number of aryl methyl sites for hydroxylation is 1. The molecule has 236 valence electrons. The van der Waals surface area contributed by atoms with Gasteiger partial charge in [0.1, 0.15) is 18.3 Å². The zero-order valence-corrected chi connectivity index (χ0v) is 28.1. The van der Waals surface area contributed by atoms with Crippen LogP contribution < -0.4 is 14.4 Å². The van der Waals surface area contributed by atoms with Crippen LogP contribution in [0.1, 0.15) is 30.0 Å².